The Labute approximate surface area is 182 Å². The fourth-order valence-corrected chi connectivity index (χ4v) is 4.24. The zero-order valence-corrected chi connectivity index (χ0v) is 18.1. The van der Waals surface area contributed by atoms with Gasteiger partial charge in [-0.25, -0.2) is 13.8 Å². The number of pyridine rings is 1. The second-order valence-electron chi connectivity index (χ2n) is 5.88. The average Bonchev–Trinajstić information content (AvgIpc) is 2.74. The lowest BCUT2D eigenvalue weighted by Crippen LogP contribution is -2.39. The van der Waals surface area contributed by atoms with Crippen LogP contribution in [0.4, 0.5) is 5.69 Å². The van der Waals surface area contributed by atoms with Gasteiger partial charge in [0.1, 0.15) is 6.54 Å². The summed E-state index contributed by atoms with van der Waals surface area (Å²) in [4.78, 5) is 16.5. The quantitative estimate of drug-likeness (QED) is 0.295. The predicted molar refractivity (Wildman–Crippen MR) is 120 cm³/mol. The molecule has 0 saturated heterocycles. The minimum absolute atomic E-state index is 0.102. The third-order valence-corrected chi connectivity index (χ3v) is 6.33. The third kappa shape index (κ3) is 5.61. The van der Waals surface area contributed by atoms with Gasteiger partial charge in [0.15, 0.2) is 0 Å². The largest absolute Gasteiger partial charge is 0.271 e. The minimum atomic E-state index is -3.93. The Hall–Kier alpha value is -2.79. The summed E-state index contributed by atoms with van der Waals surface area (Å²) in [6.07, 6.45) is 4.66. The summed E-state index contributed by atoms with van der Waals surface area (Å²) in [5.41, 5.74) is 3.46. The second-order valence-corrected chi connectivity index (χ2v) is 8.99. The van der Waals surface area contributed by atoms with Crippen LogP contribution in [0, 0.1) is 3.57 Å². The average molecular weight is 520 g/mol. The number of halogens is 1. The molecule has 9 heteroatoms. The molecular formula is C20H17IN4O3S. The van der Waals surface area contributed by atoms with Crippen LogP contribution in [0.3, 0.4) is 0 Å². The van der Waals surface area contributed by atoms with Crippen LogP contribution in [0.5, 0.6) is 0 Å². The Kier molecular flexibility index (Phi) is 6.94. The van der Waals surface area contributed by atoms with E-state index in [1.54, 1.807) is 67.0 Å². The molecule has 29 heavy (non-hydrogen) atoms. The third-order valence-electron chi connectivity index (χ3n) is 3.82. The molecule has 0 aliphatic heterocycles. The van der Waals surface area contributed by atoms with Crippen LogP contribution in [0.15, 0.2) is 89.1 Å². The molecule has 0 atom stereocenters. The van der Waals surface area contributed by atoms with E-state index in [-0.39, 0.29) is 4.90 Å². The number of nitrogens with zero attached hydrogens (tertiary/aromatic N) is 3. The van der Waals surface area contributed by atoms with Gasteiger partial charge in [0.05, 0.1) is 16.8 Å². The van der Waals surface area contributed by atoms with Gasteiger partial charge in [0.2, 0.25) is 0 Å². The Bertz CT molecular complexity index is 1090. The first-order chi connectivity index (χ1) is 14.0. The summed E-state index contributed by atoms with van der Waals surface area (Å²) in [7, 11) is -3.93. The van der Waals surface area contributed by atoms with Gasteiger partial charge < -0.3 is 0 Å². The van der Waals surface area contributed by atoms with Crippen LogP contribution in [0.25, 0.3) is 0 Å². The van der Waals surface area contributed by atoms with E-state index in [0.717, 1.165) is 7.88 Å². The molecule has 0 fully saturated rings. The van der Waals surface area contributed by atoms with Crippen molar-refractivity contribution in [2.75, 3.05) is 10.8 Å². The van der Waals surface area contributed by atoms with E-state index in [4.69, 9.17) is 0 Å². The van der Waals surface area contributed by atoms with Crippen molar-refractivity contribution in [3.8, 4) is 0 Å². The van der Waals surface area contributed by atoms with Crippen molar-refractivity contribution in [3.05, 3.63) is 88.3 Å². The zero-order chi connectivity index (χ0) is 20.7. The predicted octanol–water partition coefficient (Wildman–Crippen LogP) is 3.03. The van der Waals surface area contributed by atoms with E-state index in [0.29, 0.717) is 11.3 Å². The van der Waals surface area contributed by atoms with Crippen LogP contribution >= 0.6 is 22.6 Å². The molecule has 3 aromatic rings. The van der Waals surface area contributed by atoms with E-state index in [2.05, 4.69) is 38.1 Å². The normalized spacial score (nSPS) is 11.3. The maximum Gasteiger partial charge on any atom is 0.264 e. The number of nitrogens with one attached hydrogen (secondary N) is 1. The van der Waals surface area contributed by atoms with E-state index in [1.807, 2.05) is 0 Å². The summed E-state index contributed by atoms with van der Waals surface area (Å²) in [6, 6.07) is 18.4. The number of benzene rings is 2. The van der Waals surface area contributed by atoms with Gasteiger partial charge in [-0.15, -0.1) is 0 Å². The topological polar surface area (TPSA) is 91.7 Å². The lowest BCUT2D eigenvalue weighted by atomic mass is 10.3. The number of sulfonamides is 1. The van der Waals surface area contributed by atoms with Crippen LogP contribution < -0.4 is 9.73 Å². The standard InChI is InChI=1S/C20H17IN4O3S/c21-17-8-10-18(11-9-17)25(29(27,28)19-6-2-1-3-7-19)15-20(26)24-23-14-16-5-4-12-22-13-16/h1-14H,15H2,(H,24,26)/b23-14-. The Morgan fingerprint density at radius 1 is 1.07 bits per heavy atom. The number of rotatable bonds is 7. The highest BCUT2D eigenvalue weighted by molar-refractivity contribution is 14.1. The van der Waals surface area contributed by atoms with E-state index in [1.165, 1.54) is 18.3 Å². The molecule has 0 bridgehead atoms. The molecule has 2 aromatic carbocycles. The van der Waals surface area contributed by atoms with E-state index >= 15 is 0 Å². The first-order valence-corrected chi connectivity index (χ1v) is 11.0. The Morgan fingerprint density at radius 3 is 2.45 bits per heavy atom. The molecule has 1 heterocycles. The molecule has 3 rings (SSSR count). The number of hydrogen-bond acceptors (Lipinski definition) is 5. The molecule has 0 aliphatic rings. The van der Waals surface area contributed by atoms with Crippen LogP contribution in [-0.2, 0) is 14.8 Å². The molecule has 148 valence electrons. The minimum Gasteiger partial charge on any atom is -0.271 e. The van der Waals surface area contributed by atoms with E-state index < -0.39 is 22.5 Å². The smallest absolute Gasteiger partial charge is 0.264 e. The van der Waals surface area contributed by atoms with Gasteiger partial charge in [-0.1, -0.05) is 24.3 Å². The first-order valence-electron chi connectivity index (χ1n) is 8.52. The maximum atomic E-state index is 13.1. The number of aromatic nitrogens is 1. The van der Waals surface area contributed by atoms with Crippen LogP contribution in [0.2, 0.25) is 0 Å². The highest BCUT2D eigenvalue weighted by atomic mass is 127. The number of hydrogen-bond donors (Lipinski definition) is 1. The number of anilines is 1. The highest BCUT2D eigenvalue weighted by Gasteiger charge is 2.27. The van der Waals surface area contributed by atoms with Crippen molar-refractivity contribution in [1.82, 2.24) is 10.4 Å². The van der Waals surface area contributed by atoms with Crippen LogP contribution in [0.1, 0.15) is 5.56 Å². The number of carbonyl (C=O) groups excluding carboxylic acids is 1. The molecule has 1 amide bonds. The molecule has 1 N–H and O–H groups in total. The molecule has 0 saturated carbocycles. The first kappa shape index (κ1) is 20.9. The maximum absolute atomic E-state index is 13.1. The van der Waals surface area contributed by atoms with Crippen molar-refractivity contribution in [1.29, 1.82) is 0 Å². The van der Waals surface area contributed by atoms with Crippen molar-refractivity contribution in [3.63, 3.8) is 0 Å². The fraction of sp³-hybridized carbons (Fsp3) is 0.0500. The SMILES string of the molecule is O=C(CN(c1ccc(I)cc1)S(=O)(=O)c1ccccc1)N/N=C\c1cccnc1. The molecule has 0 unspecified atom stereocenters. The van der Waals surface area contributed by atoms with Crippen molar-refractivity contribution < 1.29 is 13.2 Å². The van der Waals surface area contributed by atoms with Crippen molar-refractivity contribution >= 4 is 50.4 Å². The monoisotopic (exact) mass is 520 g/mol. The van der Waals surface area contributed by atoms with Gasteiger partial charge in [0.25, 0.3) is 15.9 Å². The fourth-order valence-electron chi connectivity index (χ4n) is 2.44. The summed E-state index contributed by atoms with van der Waals surface area (Å²) in [6.45, 7) is -0.414. The summed E-state index contributed by atoms with van der Waals surface area (Å²) < 4.78 is 28.3. The molecule has 1 aromatic heterocycles. The molecular weight excluding hydrogens is 503 g/mol. The highest BCUT2D eigenvalue weighted by Crippen LogP contribution is 2.24. The number of amides is 1. The Balaban J connectivity index is 1.83. The lowest BCUT2D eigenvalue weighted by Gasteiger charge is -2.23. The molecule has 0 radical (unpaired) electrons. The number of hydrazone groups is 1. The lowest BCUT2D eigenvalue weighted by molar-refractivity contribution is -0.119. The van der Waals surface area contributed by atoms with Crippen molar-refractivity contribution in [2.24, 2.45) is 5.10 Å². The Morgan fingerprint density at radius 2 is 1.79 bits per heavy atom. The van der Waals surface area contributed by atoms with Gasteiger partial charge >= 0.3 is 0 Å². The number of carbonyl (C=O) groups is 1. The van der Waals surface area contributed by atoms with E-state index in [9.17, 15) is 13.2 Å². The van der Waals surface area contributed by atoms with Crippen molar-refractivity contribution in [2.45, 2.75) is 4.90 Å². The molecule has 7 nitrogen and oxygen atoms in total. The van der Waals surface area contributed by atoms with Gasteiger partial charge in [-0.3, -0.25) is 14.1 Å². The van der Waals surface area contributed by atoms with Gasteiger partial charge in [-0.05, 0) is 65.1 Å². The zero-order valence-electron chi connectivity index (χ0n) is 15.1. The van der Waals surface area contributed by atoms with Gasteiger partial charge in [-0.2, -0.15) is 5.10 Å². The molecule has 0 aliphatic carbocycles. The summed E-state index contributed by atoms with van der Waals surface area (Å²) >= 11 is 2.13. The summed E-state index contributed by atoms with van der Waals surface area (Å²) in [5, 5.41) is 3.87. The summed E-state index contributed by atoms with van der Waals surface area (Å²) in [5.74, 6) is -0.566. The molecule has 0 spiro atoms. The van der Waals surface area contributed by atoms with Crippen LogP contribution in [-0.4, -0.2) is 32.1 Å². The second kappa shape index (κ2) is 9.61. The van der Waals surface area contributed by atoms with Gasteiger partial charge in [0, 0.05) is 21.5 Å².